The Hall–Kier alpha value is -0.280. The molecule has 74 valence electrons. The number of ether oxygens (including phenoxy) is 1. The Kier molecular flexibility index (Phi) is 10.5. The van der Waals surface area contributed by atoms with Crippen molar-refractivity contribution in [3.63, 3.8) is 0 Å². The fraction of sp³-hybridized carbons (Fsp3) is 0.875. The number of nitrogens with two attached hydrogens (primary N) is 1. The van der Waals surface area contributed by atoms with Gasteiger partial charge in [-0.2, -0.15) is 0 Å². The summed E-state index contributed by atoms with van der Waals surface area (Å²) in [6.45, 7) is 4.67. The second-order valence-corrected chi connectivity index (χ2v) is 2.47. The second kappa shape index (κ2) is 8.81. The molecular weight excluding hydrogens is 178 g/mol. The molecule has 1 unspecified atom stereocenters. The van der Waals surface area contributed by atoms with Gasteiger partial charge in [0.1, 0.15) is 0 Å². The summed E-state index contributed by atoms with van der Waals surface area (Å²) in [4.78, 5) is 11.1. The Morgan fingerprint density at radius 3 is 2.42 bits per heavy atom. The van der Waals surface area contributed by atoms with Crippen LogP contribution in [0, 0.1) is 5.92 Å². The number of hydrogen-bond acceptors (Lipinski definition) is 3. The van der Waals surface area contributed by atoms with Gasteiger partial charge in [0.2, 0.25) is 0 Å². The molecule has 0 saturated carbocycles. The van der Waals surface area contributed by atoms with Gasteiger partial charge in [0, 0.05) is 6.54 Å². The molecule has 0 spiro atoms. The topological polar surface area (TPSA) is 52.3 Å². The van der Waals surface area contributed by atoms with E-state index >= 15 is 0 Å². The maximum Gasteiger partial charge on any atom is 0.310 e. The summed E-state index contributed by atoms with van der Waals surface area (Å²) in [5, 5.41) is 0. The first-order valence-corrected chi connectivity index (χ1v) is 4.12. The monoisotopic (exact) mass is 195 g/mol. The van der Waals surface area contributed by atoms with Gasteiger partial charge in [-0.3, -0.25) is 4.79 Å². The number of carbonyl (C=O) groups is 1. The highest BCUT2D eigenvalue weighted by Crippen LogP contribution is 2.06. The molecule has 0 rings (SSSR count). The largest absolute Gasteiger partial charge is 0.466 e. The third-order valence-corrected chi connectivity index (χ3v) is 1.54. The number of esters is 1. The van der Waals surface area contributed by atoms with Crippen molar-refractivity contribution in [2.45, 2.75) is 26.7 Å². The zero-order chi connectivity index (χ0) is 8.69. The van der Waals surface area contributed by atoms with Crippen LogP contribution in [0.3, 0.4) is 0 Å². The van der Waals surface area contributed by atoms with Crippen LogP contribution in [0.4, 0.5) is 0 Å². The average Bonchev–Trinajstić information content (AvgIpc) is 2.00. The van der Waals surface area contributed by atoms with Crippen LogP contribution in [0.2, 0.25) is 0 Å². The first kappa shape index (κ1) is 14.3. The molecule has 0 bridgehead atoms. The van der Waals surface area contributed by atoms with E-state index in [-0.39, 0.29) is 24.3 Å². The summed E-state index contributed by atoms with van der Waals surface area (Å²) in [6.07, 6.45) is 1.80. The van der Waals surface area contributed by atoms with Crippen LogP contribution in [0.25, 0.3) is 0 Å². The third-order valence-electron chi connectivity index (χ3n) is 1.54. The van der Waals surface area contributed by atoms with E-state index < -0.39 is 0 Å². The standard InChI is InChI=1S/C8H17NO2.ClH/c1-3-5-7(6-9)8(10)11-4-2;/h7H,3-6,9H2,1-2H3;1H. The molecule has 12 heavy (non-hydrogen) atoms. The molecule has 0 fully saturated rings. The smallest absolute Gasteiger partial charge is 0.310 e. The quantitative estimate of drug-likeness (QED) is 0.674. The number of halogens is 1. The lowest BCUT2D eigenvalue weighted by Gasteiger charge is -2.11. The predicted molar refractivity (Wildman–Crippen MR) is 51.3 cm³/mol. The lowest BCUT2D eigenvalue weighted by molar-refractivity contribution is -0.147. The molecule has 0 aromatic heterocycles. The van der Waals surface area contributed by atoms with Gasteiger partial charge in [-0.25, -0.2) is 0 Å². The summed E-state index contributed by atoms with van der Waals surface area (Å²) in [5.41, 5.74) is 5.39. The van der Waals surface area contributed by atoms with Crippen LogP contribution >= 0.6 is 12.4 Å². The Balaban J connectivity index is 0. The lowest BCUT2D eigenvalue weighted by atomic mass is 10.0. The van der Waals surface area contributed by atoms with Gasteiger partial charge in [0.15, 0.2) is 0 Å². The molecular formula is C8H18ClNO2. The van der Waals surface area contributed by atoms with Crippen molar-refractivity contribution in [1.82, 2.24) is 0 Å². The molecule has 0 heterocycles. The SMILES string of the molecule is CCCC(CN)C(=O)OCC.Cl. The predicted octanol–water partition coefficient (Wildman–Crippen LogP) is 1.35. The fourth-order valence-corrected chi connectivity index (χ4v) is 0.940. The molecule has 0 radical (unpaired) electrons. The molecule has 3 nitrogen and oxygen atoms in total. The second-order valence-electron chi connectivity index (χ2n) is 2.47. The summed E-state index contributed by atoms with van der Waals surface area (Å²) in [6, 6.07) is 0. The minimum absolute atomic E-state index is 0. The Morgan fingerprint density at radius 1 is 1.50 bits per heavy atom. The molecule has 0 amide bonds. The van der Waals surface area contributed by atoms with Crippen LogP contribution in [-0.4, -0.2) is 19.1 Å². The third kappa shape index (κ3) is 5.38. The van der Waals surface area contributed by atoms with Crippen LogP contribution in [0.1, 0.15) is 26.7 Å². The maximum atomic E-state index is 11.1. The van der Waals surface area contributed by atoms with Crippen LogP contribution in [0.15, 0.2) is 0 Å². The summed E-state index contributed by atoms with van der Waals surface area (Å²) in [7, 11) is 0. The molecule has 0 aliphatic carbocycles. The molecule has 0 aliphatic rings. The summed E-state index contributed by atoms with van der Waals surface area (Å²) in [5.74, 6) is -0.253. The molecule has 0 saturated heterocycles. The number of hydrogen-bond donors (Lipinski definition) is 1. The van der Waals surface area contributed by atoms with E-state index in [4.69, 9.17) is 10.5 Å². The Morgan fingerprint density at radius 2 is 2.08 bits per heavy atom. The van der Waals surface area contributed by atoms with Gasteiger partial charge in [0.05, 0.1) is 12.5 Å². The van der Waals surface area contributed by atoms with Gasteiger partial charge in [-0.05, 0) is 13.3 Å². The van der Waals surface area contributed by atoms with E-state index in [1.807, 2.05) is 6.92 Å². The molecule has 1 atom stereocenters. The van der Waals surface area contributed by atoms with Crippen molar-refractivity contribution in [3.8, 4) is 0 Å². The van der Waals surface area contributed by atoms with Crippen molar-refractivity contribution in [1.29, 1.82) is 0 Å². The van der Waals surface area contributed by atoms with Gasteiger partial charge in [-0.15, -0.1) is 12.4 Å². The van der Waals surface area contributed by atoms with Gasteiger partial charge in [0.25, 0.3) is 0 Å². The highest BCUT2D eigenvalue weighted by atomic mass is 35.5. The van der Waals surface area contributed by atoms with E-state index in [1.165, 1.54) is 0 Å². The average molecular weight is 196 g/mol. The van der Waals surface area contributed by atoms with Crippen LogP contribution in [-0.2, 0) is 9.53 Å². The minimum Gasteiger partial charge on any atom is -0.466 e. The molecule has 0 aromatic rings. The normalized spacial score (nSPS) is 11.6. The van der Waals surface area contributed by atoms with Crippen molar-refractivity contribution in [3.05, 3.63) is 0 Å². The van der Waals surface area contributed by atoms with Gasteiger partial charge < -0.3 is 10.5 Å². The van der Waals surface area contributed by atoms with Crippen molar-refractivity contribution < 1.29 is 9.53 Å². The first-order chi connectivity index (χ1) is 5.26. The zero-order valence-electron chi connectivity index (χ0n) is 7.71. The van der Waals surface area contributed by atoms with E-state index in [2.05, 4.69) is 0 Å². The van der Waals surface area contributed by atoms with E-state index in [0.717, 1.165) is 12.8 Å². The highest BCUT2D eigenvalue weighted by molar-refractivity contribution is 5.85. The molecule has 2 N–H and O–H groups in total. The first-order valence-electron chi connectivity index (χ1n) is 4.12. The van der Waals surface area contributed by atoms with Crippen LogP contribution in [0.5, 0.6) is 0 Å². The van der Waals surface area contributed by atoms with Crippen molar-refractivity contribution in [2.75, 3.05) is 13.2 Å². The van der Waals surface area contributed by atoms with Crippen LogP contribution < -0.4 is 5.73 Å². The summed E-state index contributed by atoms with van der Waals surface area (Å²) >= 11 is 0. The van der Waals surface area contributed by atoms with E-state index in [0.29, 0.717) is 13.2 Å². The van der Waals surface area contributed by atoms with Crippen molar-refractivity contribution >= 4 is 18.4 Å². The minimum atomic E-state index is -0.156. The molecule has 0 aromatic carbocycles. The van der Waals surface area contributed by atoms with Gasteiger partial charge >= 0.3 is 5.97 Å². The maximum absolute atomic E-state index is 11.1. The van der Waals surface area contributed by atoms with Crippen molar-refractivity contribution in [2.24, 2.45) is 11.7 Å². The molecule has 0 aliphatic heterocycles. The highest BCUT2D eigenvalue weighted by Gasteiger charge is 2.15. The van der Waals surface area contributed by atoms with E-state index in [1.54, 1.807) is 6.92 Å². The Bertz CT molecular complexity index is 120. The Labute approximate surface area is 80.1 Å². The zero-order valence-corrected chi connectivity index (χ0v) is 8.52. The summed E-state index contributed by atoms with van der Waals surface area (Å²) < 4.78 is 4.83. The fourth-order valence-electron chi connectivity index (χ4n) is 0.940. The lowest BCUT2D eigenvalue weighted by Crippen LogP contribution is -2.25. The van der Waals surface area contributed by atoms with E-state index in [9.17, 15) is 4.79 Å². The number of rotatable bonds is 5. The number of carbonyl (C=O) groups excluding carboxylic acids is 1. The van der Waals surface area contributed by atoms with Gasteiger partial charge in [-0.1, -0.05) is 13.3 Å². The molecule has 4 heteroatoms.